The molecule has 0 atom stereocenters. The largest absolute Gasteiger partial charge is 0.244 e. The third-order valence-corrected chi connectivity index (χ3v) is 1.60. The molecule has 0 radical (unpaired) electrons. The molecule has 1 nitrogen and oxygen atoms in total. The van der Waals surface area contributed by atoms with E-state index in [-0.39, 0.29) is 0 Å². The standard InChI is InChI=1S/C7H4BrClFN/c8-6(10)4-5-2-1-3-11-7(5)9/h1-4H/b6-4-. The molecule has 1 heterocycles. The number of hydrogen-bond acceptors (Lipinski definition) is 1. The van der Waals surface area contributed by atoms with Crippen LogP contribution in [0.25, 0.3) is 6.08 Å². The van der Waals surface area contributed by atoms with E-state index in [1.807, 2.05) is 0 Å². The van der Waals surface area contributed by atoms with Crippen molar-refractivity contribution in [1.82, 2.24) is 4.98 Å². The number of nitrogens with zero attached hydrogens (tertiary/aromatic N) is 1. The van der Waals surface area contributed by atoms with Crippen molar-refractivity contribution in [1.29, 1.82) is 0 Å². The molecule has 0 spiro atoms. The molecule has 0 aliphatic heterocycles. The first kappa shape index (κ1) is 8.68. The van der Waals surface area contributed by atoms with Gasteiger partial charge in [0, 0.05) is 11.8 Å². The Morgan fingerprint density at radius 3 is 3.00 bits per heavy atom. The fourth-order valence-electron chi connectivity index (χ4n) is 0.624. The highest BCUT2D eigenvalue weighted by Crippen LogP contribution is 2.18. The van der Waals surface area contributed by atoms with Crippen molar-refractivity contribution in [3.05, 3.63) is 33.8 Å². The van der Waals surface area contributed by atoms with Gasteiger partial charge in [0.15, 0.2) is 4.74 Å². The maximum absolute atomic E-state index is 12.3. The normalized spacial score (nSPS) is 11.7. The minimum atomic E-state index is -0.465. The highest BCUT2D eigenvalue weighted by molar-refractivity contribution is 9.11. The van der Waals surface area contributed by atoms with Gasteiger partial charge in [-0.1, -0.05) is 17.7 Å². The Bertz CT molecular complexity index is 284. The molecule has 0 aliphatic rings. The van der Waals surface area contributed by atoms with E-state index < -0.39 is 4.74 Å². The molecule has 58 valence electrons. The first-order chi connectivity index (χ1) is 5.20. The first-order valence-corrected chi connectivity index (χ1v) is 4.00. The van der Waals surface area contributed by atoms with E-state index in [1.165, 1.54) is 6.08 Å². The zero-order chi connectivity index (χ0) is 8.27. The average Bonchev–Trinajstić information content (AvgIpc) is 1.93. The van der Waals surface area contributed by atoms with Crippen LogP contribution in [0, 0.1) is 0 Å². The summed E-state index contributed by atoms with van der Waals surface area (Å²) in [5, 5.41) is 0.294. The molecule has 1 rings (SSSR count). The predicted octanol–water partition coefficient (Wildman–Crippen LogP) is 3.40. The Kier molecular flexibility index (Phi) is 3.02. The average molecular weight is 236 g/mol. The lowest BCUT2D eigenvalue weighted by atomic mass is 10.3. The fraction of sp³-hybridized carbons (Fsp3) is 0. The molecule has 0 aromatic carbocycles. The first-order valence-electron chi connectivity index (χ1n) is 2.83. The Labute approximate surface area is 77.0 Å². The Morgan fingerprint density at radius 1 is 1.73 bits per heavy atom. The summed E-state index contributed by atoms with van der Waals surface area (Å²) < 4.78 is 11.8. The van der Waals surface area contributed by atoms with E-state index in [0.717, 1.165) is 0 Å². The lowest BCUT2D eigenvalue weighted by Crippen LogP contribution is -1.78. The molecule has 0 bridgehead atoms. The van der Waals surface area contributed by atoms with E-state index in [1.54, 1.807) is 18.3 Å². The molecule has 0 N–H and O–H groups in total. The van der Waals surface area contributed by atoms with Gasteiger partial charge in [0.2, 0.25) is 0 Å². The third-order valence-electron chi connectivity index (χ3n) is 1.05. The van der Waals surface area contributed by atoms with Gasteiger partial charge >= 0.3 is 0 Å². The lowest BCUT2D eigenvalue weighted by Gasteiger charge is -1.93. The molecule has 11 heavy (non-hydrogen) atoms. The lowest BCUT2D eigenvalue weighted by molar-refractivity contribution is 0.711. The summed E-state index contributed by atoms with van der Waals surface area (Å²) in [6.45, 7) is 0. The summed E-state index contributed by atoms with van der Waals surface area (Å²) in [6, 6.07) is 3.36. The van der Waals surface area contributed by atoms with E-state index in [0.29, 0.717) is 10.7 Å². The van der Waals surface area contributed by atoms with Crippen molar-refractivity contribution in [3.8, 4) is 0 Å². The van der Waals surface area contributed by atoms with Crippen molar-refractivity contribution in [3.63, 3.8) is 0 Å². The van der Waals surface area contributed by atoms with Crippen LogP contribution in [-0.4, -0.2) is 4.98 Å². The van der Waals surface area contributed by atoms with Crippen LogP contribution in [0.1, 0.15) is 5.56 Å². The summed E-state index contributed by atoms with van der Waals surface area (Å²) in [5.41, 5.74) is 0.559. The second-order valence-electron chi connectivity index (χ2n) is 1.82. The van der Waals surface area contributed by atoms with Gasteiger partial charge < -0.3 is 0 Å². The van der Waals surface area contributed by atoms with Crippen molar-refractivity contribution < 1.29 is 4.39 Å². The molecule has 0 saturated heterocycles. The molecule has 0 unspecified atom stereocenters. The molecular weight excluding hydrogens is 232 g/mol. The van der Waals surface area contributed by atoms with Crippen LogP contribution in [0.5, 0.6) is 0 Å². The zero-order valence-electron chi connectivity index (χ0n) is 5.39. The fourth-order valence-corrected chi connectivity index (χ4v) is 1.04. The SMILES string of the molecule is F/C(Br)=C\c1cccnc1Cl. The van der Waals surface area contributed by atoms with Crippen LogP contribution in [-0.2, 0) is 0 Å². The van der Waals surface area contributed by atoms with E-state index in [9.17, 15) is 4.39 Å². The summed E-state index contributed by atoms with van der Waals surface area (Å²) in [7, 11) is 0. The van der Waals surface area contributed by atoms with Crippen LogP contribution in [0.3, 0.4) is 0 Å². The van der Waals surface area contributed by atoms with Gasteiger partial charge in [-0.2, -0.15) is 4.39 Å². The Hall–Kier alpha value is -0.410. The summed E-state index contributed by atoms with van der Waals surface area (Å²) in [6.07, 6.45) is 2.81. The van der Waals surface area contributed by atoms with Crippen molar-refractivity contribution in [2.45, 2.75) is 0 Å². The molecule has 1 aromatic heterocycles. The van der Waals surface area contributed by atoms with Crippen LogP contribution < -0.4 is 0 Å². The number of halogens is 3. The van der Waals surface area contributed by atoms with Crippen LogP contribution in [0.15, 0.2) is 23.1 Å². The minimum absolute atomic E-state index is 0.294. The number of pyridine rings is 1. The monoisotopic (exact) mass is 235 g/mol. The van der Waals surface area contributed by atoms with Crippen LogP contribution >= 0.6 is 27.5 Å². The summed E-state index contributed by atoms with van der Waals surface area (Å²) in [4.78, 5) is 3.77. The van der Waals surface area contributed by atoms with Crippen molar-refractivity contribution in [2.24, 2.45) is 0 Å². The molecule has 0 aliphatic carbocycles. The molecule has 0 saturated carbocycles. The van der Waals surface area contributed by atoms with Crippen molar-refractivity contribution in [2.75, 3.05) is 0 Å². The molecule has 4 heteroatoms. The maximum Gasteiger partial charge on any atom is 0.166 e. The van der Waals surface area contributed by atoms with E-state index in [4.69, 9.17) is 11.6 Å². The summed E-state index contributed by atoms with van der Waals surface area (Å²) >= 11 is 8.28. The van der Waals surface area contributed by atoms with E-state index >= 15 is 0 Å². The second kappa shape index (κ2) is 3.83. The predicted molar refractivity (Wildman–Crippen MR) is 47.3 cm³/mol. The molecule has 0 fully saturated rings. The Balaban J connectivity index is 3.04. The highest BCUT2D eigenvalue weighted by Gasteiger charge is 1.96. The molecule has 1 aromatic rings. The third kappa shape index (κ3) is 2.60. The quantitative estimate of drug-likeness (QED) is 0.681. The number of aromatic nitrogens is 1. The number of hydrogen-bond donors (Lipinski definition) is 0. The van der Waals surface area contributed by atoms with E-state index in [2.05, 4.69) is 20.9 Å². The van der Waals surface area contributed by atoms with Gasteiger partial charge in [0.25, 0.3) is 0 Å². The summed E-state index contributed by atoms with van der Waals surface area (Å²) in [5.74, 6) is 0. The van der Waals surface area contributed by atoms with Gasteiger partial charge in [0.1, 0.15) is 5.15 Å². The Morgan fingerprint density at radius 2 is 2.45 bits per heavy atom. The van der Waals surface area contributed by atoms with Crippen LogP contribution in [0.2, 0.25) is 5.15 Å². The van der Waals surface area contributed by atoms with Gasteiger partial charge in [-0.25, -0.2) is 4.98 Å². The van der Waals surface area contributed by atoms with Gasteiger partial charge in [-0.05, 0) is 28.1 Å². The second-order valence-corrected chi connectivity index (χ2v) is 2.93. The van der Waals surface area contributed by atoms with Crippen LogP contribution in [0.4, 0.5) is 4.39 Å². The van der Waals surface area contributed by atoms with Gasteiger partial charge in [-0.3, -0.25) is 0 Å². The highest BCUT2D eigenvalue weighted by atomic mass is 79.9. The zero-order valence-corrected chi connectivity index (χ0v) is 7.73. The van der Waals surface area contributed by atoms with Gasteiger partial charge in [0.05, 0.1) is 0 Å². The smallest absolute Gasteiger partial charge is 0.166 e. The number of rotatable bonds is 1. The van der Waals surface area contributed by atoms with Crippen molar-refractivity contribution >= 4 is 33.6 Å². The molecule has 0 amide bonds. The topological polar surface area (TPSA) is 12.9 Å². The molecular formula is C7H4BrClFN. The minimum Gasteiger partial charge on any atom is -0.244 e. The maximum atomic E-state index is 12.3. The van der Waals surface area contributed by atoms with Gasteiger partial charge in [-0.15, -0.1) is 0 Å².